The highest BCUT2D eigenvalue weighted by Gasteiger charge is 2.51. The number of aromatic hydroxyl groups is 1. The molecule has 2 aliphatic rings. The number of amides is 2. The molecule has 0 spiro atoms. The molecule has 2 aromatic heterocycles. The number of hydrogen-bond donors (Lipinski definition) is 4. The lowest BCUT2D eigenvalue weighted by molar-refractivity contribution is -0.175. The van der Waals surface area contributed by atoms with E-state index in [9.17, 15) is 33.9 Å². The van der Waals surface area contributed by atoms with Gasteiger partial charge in [0.25, 0.3) is 5.56 Å². The smallest absolute Gasteiger partial charge is 0.508 e. The number of fused-ring (bicyclic) bond motifs is 5. The van der Waals surface area contributed by atoms with Gasteiger partial charge in [0.1, 0.15) is 44.5 Å². The number of rotatable bonds is 17. The number of nitrogens with one attached hydrogen (secondary N) is 2. The molecule has 3 unspecified atom stereocenters. The fourth-order valence-corrected chi connectivity index (χ4v) is 6.92. The Morgan fingerprint density at radius 1 is 1.13 bits per heavy atom. The summed E-state index contributed by atoms with van der Waals surface area (Å²) in [4.78, 5) is 82.1. The number of aryl methyl sites for hydroxylation is 1. The molecule has 2 aliphatic heterocycles. The van der Waals surface area contributed by atoms with Crippen molar-refractivity contribution in [3.63, 3.8) is 0 Å². The molecule has 16 heteroatoms. The van der Waals surface area contributed by atoms with E-state index in [1.54, 1.807) is 43.5 Å². The molecule has 4 heterocycles. The Kier molecular flexibility index (Phi) is 12.7. The van der Waals surface area contributed by atoms with E-state index in [0.717, 1.165) is 16.5 Å². The number of aldehydes is 1. The molecule has 54 heavy (non-hydrogen) atoms. The van der Waals surface area contributed by atoms with Gasteiger partial charge < -0.3 is 49.8 Å². The standard InChI is InChI=1S/C38H47N5O11/c1-5-23-24-15-22(45)10-11-28(24)41-33-25(23)17-43-31(33)16-27-26(35(43)48)18-52-36(49)38(27,6-2)54-37(50)53-19-30(21(3)4)42-34(47)29(9-7-8-12-39)40-32(46)20-51-14-13-44/h10-11,13,15-16,21,29-30,45H,5-9,12,14,17-20,39H2,1-4H3,(H,40,46)(H,42,47). The number of cyclic esters (lactones) is 1. The third-order valence-corrected chi connectivity index (χ3v) is 9.90. The molecule has 0 aliphatic carbocycles. The first kappa shape index (κ1) is 39.8. The van der Waals surface area contributed by atoms with Crippen molar-refractivity contribution in [2.45, 2.75) is 90.6 Å². The second kappa shape index (κ2) is 17.2. The number of phenols is 1. The maximum Gasteiger partial charge on any atom is 0.509 e. The number of esters is 1. The van der Waals surface area contributed by atoms with Gasteiger partial charge in [-0.2, -0.15) is 0 Å². The van der Waals surface area contributed by atoms with Crippen LogP contribution in [-0.2, 0) is 63.3 Å². The summed E-state index contributed by atoms with van der Waals surface area (Å²) in [6.45, 7) is 6.48. The van der Waals surface area contributed by atoms with Crippen LogP contribution < -0.4 is 21.9 Å². The Morgan fingerprint density at radius 3 is 2.59 bits per heavy atom. The number of ether oxygens (including phenoxy) is 4. The van der Waals surface area contributed by atoms with E-state index in [-0.39, 0.29) is 62.0 Å². The van der Waals surface area contributed by atoms with Crippen molar-refractivity contribution in [3.05, 3.63) is 56.9 Å². The molecule has 3 atom stereocenters. The second-order valence-electron chi connectivity index (χ2n) is 13.7. The van der Waals surface area contributed by atoms with E-state index < -0.39 is 53.8 Å². The van der Waals surface area contributed by atoms with Gasteiger partial charge in [-0.05, 0) is 74.4 Å². The highest BCUT2D eigenvalue weighted by Crippen LogP contribution is 2.42. The van der Waals surface area contributed by atoms with Gasteiger partial charge in [0.15, 0.2) is 0 Å². The summed E-state index contributed by atoms with van der Waals surface area (Å²) < 4.78 is 23.2. The van der Waals surface area contributed by atoms with Crippen molar-refractivity contribution in [1.29, 1.82) is 0 Å². The van der Waals surface area contributed by atoms with Gasteiger partial charge in [0, 0.05) is 16.5 Å². The van der Waals surface area contributed by atoms with Crippen LogP contribution in [0.25, 0.3) is 22.3 Å². The summed E-state index contributed by atoms with van der Waals surface area (Å²) in [5, 5.41) is 16.4. The SMILES string of the molecule is CCc1c2c(nc3ccc(O)cc13)-c1cc3c(c(=O)n1C2)COC(=O)C3(CC)OC(=O)OCC(NC(=O)C(CCCCN)NC(=O)COCC=O)C(C)C. The van der Waals surface area contributed by atoms with Gasteiger partial charge in [-0.1, -0.05) is 27.7 Å². The number of carbonyl (C=O) groups excluding carboxylic acids is 5. The summed E-state index contributed by atoms with van der Waals surface area (Å²) in [5.74, 6) is -2.13. The summed E-state index contributed by atoms with van der Waals surface area (Å²) in [6, 6.07) is 4.86. The Hall–Kier alpha value is -5.35. The summed E-state index contributed by atoms with van der Waals surface area (Å²) in [7, 11) is 0. The summed E-state index contributed by atoms with van der Waals surface area (Å²) >= 11 is 0. The number of nitrogens with two attached hydrogens (primary N) is 1. The van der Waals surface area contributed by atoms with Crippen LogP contribution in [0.4, 0.5) is 4.79 Å². The molecule has 0 fully saturated rings. The second-order valence-corrected chi connectivity index (χ2v) is 13.7. The molecular formula is C38H47N5O11. The molecule has 0 radical (unpaired) electrons. The fraction of sp³-hybridized carbons (Fsp3) is 0.500. The Morgan fingerprint density at radius 2 is 1.91 bits per heavy atom. The quantitative estimate of drug-likeness (QED) is 0.0692. The van der Waals surface area contributed by atoms with Crippen LogP contribution in [0.3, 0.4) is 0 Å². The minimum absolute atomic E-state index is 0.0839. The zero-order valence-electron chi connectivity index (χ0n) is 30.9. The number of unbranched alkanes of at least 4 members (excludes halogenated alkanes) is 1. The van der Waals surface area contributed by atoms with E-state index in [1.807, 2.05) is 6.92 Å². The van der Waals surface area contributed by atoms with Gasteiger partial charge in [0.2, 0.25) is 17.4 Å². The first-order valence-corrected chi connectivity index (χ1v) is 18.1. The Bertz CT molecular complexity index is 1990. The van der Waals surface area contributed by atoms with Crippen molar-refractivity contribution in [2.75, 3.05) is 26.4 Å². The number of benzene rings is 1. The van der Waals surface area contributed by atoms with E-state index in [2.05, 4.69) is 10.6 Å². The fourth-order valence-electron chi connectivity index (χ4n) is 6.92. The van der Waals surface area contributed by atoms with Crippen LogP contribution in [0.15, 0.2) is 29.1 Å². The molecule has 5 rings (SSSR count). The van der Waals surface area contributed by atoms with Crippen LogP contribution in [0.1, 0.15) is 75.6 Å². The largest absolute Gasteiger partial charge is 0.509 e. The van der Waals surface area contributed by atoms with Crippen molar-refractivity contribution in [3.8, 4) is 17.1 Å². The number of nitrogens with zero attached hydrogens (tertiary/aromatic N) is 2. The molecule has 1 aromatic carbocycles. The minimum atomic E-state index is -2.01. The lowest BCUT2D eigenvalue weighted by Gasteiger charge is -2.35. The number of phenolic OH excluding ortho intramolecular Hbond substituents is 1. The monoisotopic (exact) mass is 749 g/mol. The average Bonchev–Trinajstić information content (AvgIpc) is 3.51. The van der Waals surface area contributed by atoms with Gasteiger partial charge in [-0.3, -0.25) is 14.4 Å². The maximum absolute atomic E-state index is 14.0. The Balaban J connectivity index is 1.37. The summed E-state index contributed by atoms with van der Waals surface area (Å²) in [5.41, 5.74) is 6.90. The van der Waals surface area contributed by atoms with Crippen LogP contribution in [0, 0.1) is 5.92 Å². The van der Waals surface area contributed by atoms with E-state index in [1.165, 1.54) is 6.07 Å². The lowest BCUT2D eigenvalue weighted by atomic mass is 9.85. The Labute approximate surface area is 311 Å². The normalized spacial score (nSPS) is 16.8. The number of hydrogen-bond acceptors (Lipinski definition) is 13. The van der Waals surface area contributed by atoms with Gasteiger partial charge in [-0.15, -0.1) is 0 Å². The molecule has 0 bridgehead atoms. The zero-order valence-corrected chi connectivity index (χ0v) is 30.9. The van der Waals surface area contributed by atoms with Crippen LogP contribution in [0.5, 0.6) is 5.75 Å². The van der Waals surface area contributed by atoms with Gasteiger partial charge in [-0.25, -0.2) is 14.6 Å². The minimum Gasteiger partial charge on any atom is -0.508 e. The highest BCUT2D eigenvalue weighted by atomic mass is 16.7. The van der Waals surface area contributed by atoms with Crippen molar-refractivity contribution < 1.29 is 48.0 Å². The van der Waals surface area contributed by atoms with Crippen molar-refractivity contribution >= 4 is 41.1 Å². The first-order chi connectivity index (χ1) is 25.9. The number of aromatic nitrogens is 2. The molecule has 0 saturated carbocycles. The molecule has 2 amide bonds. The third-order valence-electron chi connectivity index (χ3n) is 9.90. The molecule has 3 aromatic rings. The predicted molar refractivity (Wildman–Crippen MR) is 194 cm³/mol. The lowest BCUT2D eigenvalue weighted by Crippen LogP contribution is -2.53. The predicted octanol–water partition coefficient (Wildman–Crippen LogP) is 2.48. The topological polar surface area (TPSA) is 227 Å². The average molecular weight is 750 g/mol. The third kappa shape index (κ3) is 8.09. The molecule has 0 saturated heterocycles. The molecule has 5 N–H and O–H groups in total. The maximum atomic E-state index is 14.0. The van der Waals surface area contributed by atoms with E-state index in [0.29, 0.717) is 49.0 Å². The van der Waals surface area contributed by atoms with E-state index in [4.69, 9.17) is 29.7 Å². The summed E-state index contributed by atoms with van der Waals surface area (Å²) in [6.07, 6.45) is 1.26. The van der Waals surface area contributed by atoms with Crippen LogP contribution in [0.2, 0.25) is 0 Å². The van der Waals surface area contributed by atoms with Crippen molar-refractivity contribution in [2.24, 2.45) is 11.7 Å². The van der Waals surface area contributed by atoms with Crippen LogP contribution in [-0.4, -0.2) is 83.3 Å². The molecular weight excluding hydrogens is 702 g/mol. The number of pyridine rings is 2. The van der Waals surface area contributed by atoms with Crippen molar-refractivity contribution in [1.82, 2.24) is 20.2 Å². The first-order valence-electron chi connectivity index (χ1n) is 18.1. The zero-order chi connectivity index (χ0) is 39.2. The van der Waals surface area contributed by atoms with Gasteiger partial charge >= 0.3 is 12.1 Å². The van der Waals surface area contributed by atoms with E-state index >= 15 is 0 Å². The highest BCUT2D eigenvalue weighted by molar-refractivity contribution is 5.91. The van der Waals surface area contributed by atoms with Gasteiger partial charge in [0.05, 0.1) is 35.1 Å². The van der Waals surface area contributed by atoms with Crippen LogP contribution >= 0.6 is 0 Å². The molecule has 290 valence electrons. The number of carbonyl (C=O) groups is 5. The molecule has 16 nitrogen and oxygen atoms in total.